The summed E-state index contributed by atoms with van der Waals surface area (Å²) >= 11 is 0. The summed E-state index contributed by atoms with van der Waals surface area (Å²) in [6.45, 7) is 5.79. The Bertz CT molecular complexity index is 755. The van der Waals surface area contributed by atoms with Crippen LogP contribution in [0.2, 0.25) is 0 Å². The zero-order chi connectivity index (χ0) is 17.7. The molecule has 1 atom stereocenters. The highest BCUT2D eigenvalue weighted by molar-refractivity contribution is 5.96. The van der Waals surface area contributed by atoms with Gasteiger partial charge in [0.15, 0.2) is 6.10 Å². The molecule has 0 saturated carbocycles. The average molecular weight is 327 g/mol. The van der Waals surface area contributed by atoms with Gasteiger partial charge in [0.05, 0.1) is 5.56 Å². The van der Waals surface area contributed by atoms with Crippen LogP contribution in [0.25, 0.3) is 0 Å². The molecule has 0 aliphatic heterocycles. The molecule has 2 rings (SSSR count). The number of aromatic carboxylic acids is 1. The summed E-state index contributed by atoms with van der Waals surface area (Å²) in [7, 11) is 0. The standard InChI is InChI=1S/C19H21NO4/c1-4-16(24-17-9-8-12(2)10-13(17)3)18(21)20-15-7-5-6-14(11-15)19(22)23/h5-11,16H,4H2,1-3H3,(H,20,21)(H,22,23). The highest BCUT2D eigenvalue weighted by Crippen LogP contribution is 2.21. The number of amides is 1. The first-order chi connectivity index (χ1) is 11.4. The molecule has 0 fully saturated rings. The minimum absolute atomic E-state index is 0.121. The number of hydrogen-bond donors (Lipinski definition) is 2. The third kappa shape index (κ3) is 4.35. The Morgan fingerprint density at radius 2 is 1.92 bits per heavy atom. The molecular formula is C19H21NO4. The van der Waals surface area contributed by atoms with Crippen LogP contribution < -0.4 is 10.1 Å². The van der Waals surface area contributed by atoms with E-state index in [1.165, 1.54) is 12.1 Å². The predicted molar refractivity (Wildman–Crippen MR) is 92.7 cm³/mol. The van der Waals surface area contributed by atoms with Gasteiger partial charge in [-0.25, -0.2) is 4.79 Å². The summed E-state index contributed by atoms with van der Waals surface area (Å²) in [4.78, 5) is 23.4. The van der Waals surface area contributed by atoms with Gasteiger partial charge in [0.1, 0.15) is 5.75 Å². The Balaban J connectivity index is 2.11. The van der Waals surface area contributed by atoms with Crippen molar-refractivity contribution in [2.45, 2.75) is 33.3 Å². The fourth-order valence-electron chi connectivity index (χ4n) is 2.36. The second kappa shape index (κ2) is 7.64. The largest absolute Gasteiger partial charge is 0.480 e. The Morgan fingerprint density at radius 1 is 1.17 bits per heavy atom. The van der Waals surface area contributed by atoms with Crippen molar-refractivity contribution >= 4 is 17.6 Å². The van der Waals surface area contributed by atoms with Crippen molar-refractivity contribution in [3.63, 3.8) is 0 Å². The van der Waals surface area contributed by atoms with E-state index >= 15 is 0 Å². The van der Waals surface area contributed by atoms with Crippen LogP contribution in [0.1, 0.15) is 34.8 Å². The molecule has 0 bridgehead atoms. The number of carbonyl (C=O) groups excluding carboxylic acids is 1. The van der Waals surface area contributed by atoms with Crippen LogP contribution in [0.4, 0.5) is 5.69 Å². The van der Waals surface area contributed by atoms with Gasteiger partial charge < -0.3 is 15.2 Å². The maximum Gasteiger partial charge on any atom is 0.335 e. The van der Waals surface area contributed by atoms with Crippen LogP contribution in [0.3, 0.4) is 0 Å². The molecule has 0 aliphatic rings. The molecule has 0 aliphatic carbocycles. The first kappa shape index (κ1) is 17.5. The van der Waals surface area contributed by atoms with Crippen molar-refractivity contribution in [3.05, 3.63) is 59.2 Å². The number of ether oxygens (including phenoxy) is 1. The quantitative estimate of drug-likeness (QED) is 0.846. The molecular weight excluding hydrogens is 306 g/mol. The van der Waals surface area contributed by atoms with Gasteiger partial charge in [0.25, 0.3) is 5.91 Å². The molecule has 1 amide bonds. The van der Waals surface area contributed by atoms with E-state index < -0.39 is 12.1 Å². The SMILES string of the molecule is CCC(Oc1ccc(C)cc1C)C(=O)Nc1cccc(C(=O)O)c1. The van der Waals surface area contributed by atoms with Gasteiger partial charge in [0.2, 0.25) is 0 Å². The molecule has 0 heterocycles. The lowest BCUT2D eigenvalue weighted by molar-refractivity contribution is -0.122. The molecule has 5 nitrogen and oxygen atoms in total. The molecule has 0 aromatic heterocycles. The molecule has 2 aromatic carbocycles. The Hall–Kier alpha value is -2.82. The van der Waals surface area contributed by atoms with E-state index in [0.717, 1.165) is 11.1 Å². The van der Waals surface area contributed by atoms with Crippen molar-refractivity contribution in [1.82, 2.24) is 0 Å². The van der Waals surface area contributed by atoms with Crippen LogP contribution in [0.15, 0.2) is 42.5 Å². The molecule has 0 spiro atoms. The molecule has 0 radical (unpaired) electrons. The van der Waals surface area contributed by atoms with E-state index in [2.05, 4.69) is 5.32 Å². The normalized spacial score (nSPS) is 11.6. The van der Waals surface area contributed by atoms with E-state index in [9.17, 15) is 9.59 Å². The summed E-state index contributed by atoms with van der Waals surface area (Å²) in [5.74, 6) is -0.674. The van der Waals surface area contributed by atoms with Crippen LogP contribution in [0, 0.1) is 13.8 Å². The van der Waals surface area contributed by atoms with Gasteiger partial charge in [-0.2, -0.15) is 0 Å². The van der Waals surface area contributed by atoms with Crippen molar-refractivity contribution in [3.8, 4) is 5.75 Å². The maximum atomic E-state index is 12.4. The topological polar surface area (TPSA) is 75.6 Å². The fourth-order valence-corrected chi connectivity index (χ4v) is 2.36. The van der Waals surface area contributed by atoms with Gasteiger partial charge >= 0.3 is 5.97 Å². The third-order valence-electron chi connectivity index (χ3n) is 3.64. The second-order valence-electron chi connectivity index (χ2n) is 5.66. The number of carbonyl (C=O) groups is 2. The Morgan fingerprint density at radius 3 is 2.54 bits per heavy atom. The van der Waals surface area contributed by atoms with Crippen molar-refractivity contribution in [2.75, 3.05) is 5.32 Å². The lowest BCUT2D eigenvalue weighted by Gasteiger charge is -2.19. The molecule has 1 unspecified atom stereocenters. The van der Waals surface area contributed by atoms with E-state index in [1.54, 1.807) is 12.1 Å². The summed E-state index contributed by atoms with van der Waals surface area (Å²) in [6, 6.07) is 11.9. The highest BCUT2D eigenvalue weighted by Gasteiger charge is 2.19. The summed E-state index contributed by atoms with van der Waals surface area (Å²) in [5, 5.41) is 11.7. The molecule has 24 heavy (non-hydrogen) atoms. The van der Waals surface area contributed by atoms with Crippen LogP contribution in [0.5, 0.6) is 5.75 Å². The zero-order valence-electron chi connectivity index (χ0n) is 14.0. The van der Waals surface area contributed by atoms with Gasteiger partial charge in [-0.05, 0) is 50.1 Å². The van der Waals surface area contributed by atoms with Crippen LogP contribution >= 0.6 is 0 Å². The average Bonchev–Trinajstić information content (AvgIpc) is 2.54. The van der Waals surface area contributed by atoms with Gasteiger partial charge in [-0.15, -0.1) is 0 Å². The highest BCUT2D eigenvalue weighted by atomic mass is 16.5. The monoisotopic (exact) mass is 327 g/mol. The molecule has 126 valence electrons. The third-order valence-corrected chi connectivity index (χ3v) is 3.64. The molecule has 2 aromatic rings. The van der Waals surface area contributed by atoms with Gasteiger partial charge in [0, 0.05) is 5.69 Å². The summed E-state index contributed by atoms with van der Waals surface area (Å²) in [5.41, 5.74) is 2.65. The van der Waals surface area contributed by atoms with Crippen molar-refractivity contribution < 1.29 is 19.4 Å². The van der Waals surface area contributed by atoms with Crippen molar-refractivity contribution in [1.29, 1.82) is 0 Å². The number of aryl methyl sites for hydroxylation is 2. The predicted octanol–water partition coefficient (Wildman–Crippen LogP) is 3.80. The van der Waals surface area contributed by atoms with E-state index in [4.69, 9.17) is 9.84 Å². The van der Waals surface area contributed by atoms with Crippen LogP contribution in [-0.4, -0.2) is 23.1 Å². The summed E-state index contributed by atoms with van der Waals surface area (Å²) in [6.07, 6.45) is -0.155. The van der Waals surface area contributed by atoms with E-state index in [-0.39, 0.29) is 11.5 Å². The van der Waals surface area contributed by atoms with Crippen LogP contribution in [-0.2, 0) is 4.79 Å². The van der Waals surface area contributed by atoms with Crippen molar-refractivity contribution in [2.24, 2.45) is 0 Å². The second-order valence-corrected chi connectivity index (χ2v) is 5.66. The zero-order valence-corrected chi connectivity index (χ0v) is 14.0. The lowest BCUT2D eigenvalue weighted by Crippen LogP contribution is -2.32. The first-order valence-corrected chi connectivity index (χ1v) is 7.79. The Labute approximate surface area is 141 Å². The Kier molecular flexibility index (Phi) is 5.58. The molecule has 2 N–H and O–H groups in total. The van der Waals surface area contributed by atoms with Gasteiger partial charge in [-0.1, -0.05) is 30.7 Å². The minimum atomic E-state index is -1.04. The number of rotatable bonds is 6. The first-order valence-electron chi connectivity index (χ1n) is 7.79. The van der Waals surface area contributed by atoms with E-state index in [1.807, 2.05) is 39.0 Å². The number of carboxylic acid groups (broad SMARTS) is 1. The molecule has 5 heteroatoms. The maximum absolute atomic E-state index is 12.4. The number of anilines is 1. The lowest BCUT2D eigenvalue weighted by atomic mass is 10.1. The summed E-state index contributed by atoms with van der Waals surface area (Å²) < 4.78 is 5.83. The fraction of sp³-hybridized carbons (Fsp3) is 0.263. The number of carboxylic acids is 1. The van der Waals surface area contributed by atoms with Gasteiger partial charge in [-0.3, -0.25) is 4.79 Å². The van der Waals surface area contributed by atoms with E-state index in [0.29, 0.717) is 17.9 Å². The number of nitrogens with one attached hydrogen (secondary N) is 1. The molecule has 0 saturated heterocycles. The number of hydrogen-bond acceptors (Lipinski definition) is 3. The smallest absolute Gasteiger partial charge is 0.335 e. The number of benzene rings is 2. The minimum Gasteiger partial charge on any atom is -0.480 e.